The van der Waals surface area contributed by atoms with E-state index in [2.05, 4.69) is 53.4 Å². The quantitative estimate of drug-likeness (QED) is 0.782. The van der Waals surface area contributed by atoms with Gasteiger partial charge in [-0.1, -0.05) is 20.8 Å². The molecule has 1 aliphatic heterocycles. The number of piperidine rings is 1. The lowest BCUT2D eigenvalue weighted by Gasteiger charge is -2.32. The van der Waals surface area contributed by atoms with Crippen LogP contribution in [0.2, 0.25) is 0 Å². The molecule has 0 radical (unpaired) electrons. The Morgan fingerprint density at radius 3 is 2.37 bits per heavy atom. The number of nitrogens with one attached hydrogen (secondary N) is 2. The van der Waals surface area contributed by atoms with Gasteiger partial charge in [-0.05, 0) is 61.1 Å². The Balaban J connectivity index is 1.56. The van der Waals surface area contributed by atoms with E-state index in [4.69, 9.17) is 0 Å². The number of benzene rings is 1. The molecule has 1 aromatic carbocycles. The fourth-order valence-corrected chi connectivity index (χ4v) is 3.17. The lowest BCUT2D eigenvalue weighted by Crippen LogP contribution is -2.32. The second kappa shape index (κ2) is 8.89. The van der Waals surface area contributed by atoms with E-state index in [1.165, 1.54) is 18.5 Å². The minimum atomic E-state index is -0.190. The van der Waals surface area contributed by atoms with E-state index in [0.717, 1.165) is 36.9 Å². The normalized spacial score (nSPS) is 15.0. The Labute approximate surface area is 162 Å². The van der Waals surface area contributed by atoms with Crippen molar-refractivity contribution < 1.29 is 4.79 Å². The third-order valence-electron chi connectivity index (χ3n) is 4.98. The van der Waals surface area contributed by atoms with Gasteiger partial charge in [0.2, 0.25) is 0 Å². The van der Waals surface area contributed by atoms with Crippen molar-refractivity contribution in [3.63, 3.8) is 0 Å². The molecule has 0 atom stereocenters. The largest absolute Gasteiger partial charge is 0.384 e. The maximum Gasteiger partial charge on any atom is 0.274 e. The summed E-state index contributed by atoms with van der Waals surface area (Å²) in [6.07, 6.45) is 4.19. The molecule has 0 aliphatic carbocycles. The number of pyridine rings is 1. The third-order valence-corrected chi connectivity index (χ3v) is 4.98. The summed E-state index contributed by atoms with van der Waals surface area (Å²) in [5.41, 5.74) is 3.36. The number of rotatable bonds is 6. The Kier molecular flexibility index (Phi) is 6.32. The van der Waals surface area contributed by atoms with Crippen molar-refractivity contribution in [3.05, 3.63) is 48.3 Å². The molecule has 1 aliphatic rings. The van der Waals surface area contributed by atoms with Crippen LogP contribution in [0, 0.1) is 11.8 Å². The third kappa shape index (κ3) is 5.46. The van der Waals surface area contributed by atoms with Gasteiger partial charge in [0.15, 0.2) is 0 Å². The second-order valence-electron chi connectivity index (χ2n) is 7.88. The molecule has 1 fully saturated rings. The predicted octanol–water partition coefficient (Wildman–Crippen LogP) is 4.64. The number of nitrogens with zero attached hydrogens (tertiary/aromatic N) is 2. The van der Waals surface area contributed by atoms with Gasteiger partial charge in [0.25, 0.3) is 5.91 Å². The second-order valence-corrected chi connectivity index (χ2v) is 7.88. The molecule has 5 nitrogen and oxygen atoms in total. The molecule has 0 unspecified atom stereocenters. The Morgan fingerprint density at radius 2 is 1.78 bits per heavy atom. The van der Waals surface area contributed by atoms with Gasteiger partial charge in [0, 0.05) is 31.0 Å². The van der Waals surface area contributed by atoms with Crippen molar-refractivity contribution in [1.82, 2.24) is 4.98 Å². The standard InChI is InChI=1S/C22H30N4O/c1-16(2)14-23-19-6-9-21(24-15-19)22(27)25-18-4-7-20(8-5-18)26-12-10-17(3)11-13-26/h4-9,15-17,23H,10-14H2,1-3H3,(H,25,27). The number of hydrogen-bond donors (Lipinski definition) is 2. The van der Waals surface area contributed by atoms with Gasteiger partial charge >= 0.3 is 0 Å². The summed E-state index contributed by atoms with van der Waals surface area (Å²) in [6, 6.07) is 11.7. The smallest absolute Gasteiger partial charge is 0.274 e. The van der Waals surface area contributed by atoms with Crippen LogP contribution in [0.4, 0.5) is 17.1 Å². The maximum absolute atomic E-state index is 12.4. The highest BCUT2D eigenvalue weighted by atomic mass is 16.1. The van der Waals surface area contributed by atoms with E-state index in [9.17, 15) is 4.79 Å². The fourth-order valence-electron chi connectivity index (χ4n) is 3.17. The molecule has 0 spiro atoms. The van der Waals surface area contributed by atoms with E-state index in [0.29, 0.717) is 11.6 Å². The molecule has 2 aromatic rings. The molecule has 1 saturated heterocycles. The highest BCUT2D eigenvalue weighted by Gasteiger charge is 2.16. The molecule has 0 bridgehead atoms. The molecule has 144 valence electrons. The van der Waals surface area contributed by atoms with Crippen LogP contribution in [0.3, 0.4) is 0 Å². The minimum absolute atomic E-state index is 0.190. The molecular formula is C22H30N4O. The lowest BCUT2D eigenvalue weighted by molar-refractivity contribution is 0.102. The zero-order valence-corrected chi connectivity index (χ0v) is 16.5. The molecule has 0 saturated carbocycles. The highest BCUT2D eigenvalue weighted by molar-refractivity contribution is 6.03. The van der Waals surface area contributed by atoms with Crippen LogP contribution < -0.4 is 15.5 Å². The van der Waals surface area contributed by atoms with Crippen LogP contribution in [-0.4, -0.2) is 30.5 Å². The number of carbonyl (C=O) groups excluding carboxylic acids is 1. The Hall–Kier alpha value is -2.56. The van der Waals surface area contributed by atoms with Crippen LogP contribution in [0.15, 0.2) is 42.6 Å². The minimum Gasteiger partial charge on any atom is -0.384 e. The van der Waals surface area contributed by atoms with E-state index in [1.807, 2.05) is 18.2 Å². The summed E-state index contributed by atoms with van der Waals surface area (Å²) < 4.78 is 0. The van der Waals surface area contributed by atoms with Crippen molar-refractivity contribution in [3.8, 4) is 0 Å². The van der Waals surface area contributed by atoms with Gasteiger partial charge in [0.1, 0.15) is 5.69 Å². The van der Waals surface area contributed by atoms with E-state index >= 15 is 0 Å². The van der Waals surface area contributed by atoms with Crippen molar-refractivity contribution >= 4 is 23.0 Å². The van der Waals surface area contributed by atoms with E-state index < -0.39 is 0 Å². The van der Waals surface area contributed by atoms with Gasteiger partial charge in [-0.2, -0.15) is 0 Å². The Morgan fingerprint density at radius 1 is 1.11 bits per heavy atom. The van der Waals surface area contributed by atoms with E-state index in [-0.39, 0.29) is 5.91 Å². The van der Waals surface area contributed by atoms with Crippen LogP contribution in [0.5, 0.6) is 0 Å². The zero-order valence-electron chi connectivity index (χ0n) is 16.5. The van der Waals surface area contributed by atoms with Crippen LogP contribution in [0.25, 0.3) is 0 Å². The molecule has 1 aromatic heterocycles. The lowest BCUT2D eigenvalue weighted by atomic mass is 9.99. The summed E-state index contributed by atoms with van der Waals surface area (Å²) in [5, 5.41) is 6.23. The molecule has 2 N–H and O–H groups in total. The van der Waals surface area contributed by atoms with Gasteiger partial charge in [-0.25, -0.2) is 4.98 Å². The zero-order chi connectivity index (χ0) is 19.2. The number of amides is 1. The first-order valence-corrected chi connectivity index (χ1v) is 9.87. The van der Waals surface area contributed by atoms with Crippen LogP contribution >= 0.6 is 0 Å². The summed E-state index contributed by atoms with van der Waals surface area (Å²) >= 11 is 0. The van der Waals surface area contributed by atoms with Crippen molar-refractivity contribution in [2.24, 2.45) is 11.8 Å². The Bertz CT molecular complexity index is 732. The monoisotopic (exact) mass is 366 g/mol. The molecule has 27 heavy (non-hydrogen) atoms. The van der Waals surface area contributed by atoms with Gasteiger partial charge in [-0.3, -0.25) is 4.79 Å². The topological polar surface area (TPSA) is 57.3 Å². The predicted molar refractivity (Wildman–Crippen MR) is 113 cm³/mol. The number of carbonyl (C=O) groups is 1. The van der Waals surface area contributed by atoms with Gasteiger partial charge < -0.3 is 15.5 Å². The highest BCUT2D eigenvalue weighted by Crippen LogP contribution is 2.24. The first-order valence-electron chi connectivity index (χ1n) is 9.87. The summed E-state index contributed by atoms with van der Waals surface area (Å²) in [7, 11) is 0. The van der Waals surface area contributed by atoms with Crippen LogP contribution in [0.1, 0.15) is 44.1 Å². The van der Waals surface area contributed by atoms with Crippen molar-refractivity contribution in [1.29, 1.82) is 0 Å². The van der Waals surface area contributed by atoms with Crippen LogP contribution in [-0.2, 0) is 0 Å². The summed E-state index contributed by atoms with van der Waals surface area (Å²) in [5.74, 6) is 1.19. The molecular weight excluding hydrogens is 336 g/mol. The average molecular weight is 367 g/mol. The molecule has 5 heteroatoms. The molecule has 3 rings (SSSR count). The fraction of sp³-hybridized carbons (Fsp3) is 0.455. The number of aromatic nitrogens is 1. The van der Waals surface area contributed by atoms with E-state index in [1.54, 1.807) is 12.3 Å². The first-order chi connectivity index (χ1) is 13.0. The maximum atomic E-state index is 12.4. The SMILES string of the molecule is CC(C)CNc1ccc(C(=O)Nc2ccc(N3CCC(C)CC3)cc2)nc1. The number of hydrogen-bond acceptors (Lipinski definition) is 4. The summed E-state index contributed by atoms with van der Waals surface area (Å²) in [6.45, 7) is 9.72. The molecule has 2 heterocycles. The van der Waals surface area contributed by atoms with Gasteiger partial charge in [-0.15, -0.1) is 0 Å². The van der Waals surface area contributed by atoms with Crippen molar-refractivity contribution in [2.45, 2.75) is 33.6 Å². The van der Waals surface area contributed by atoms with Crippen molar-refractivity contribution in [2.75, 3.05) is 35.2 Å². The first kappa shape index (κ1) is 19.2. The number of anilines is 3. The average Bonchev–Trinajstić information content (AvgIpc) is 2.68. The van der Waals surface area contributed by atoms with Gasteiger partial charge in [0.05, 0.1) is 11.9 Å². The molecule has 1 amide bonds. The summed E-state index contributed by atoms with van der Waals surface area (Å²) in [4.78, 5) is 19.1.